The lowest BCUT2D eigenvalue weighted by Gasteiger charge is -2.40. The molecule has 0 radical (unpaired) electrons. The van der Waals surface area contributed by atoms with Crippen LogP contribution < -0.4 is 0 Å². The first-order valence-corrected chi connectivity index (χ1v) is 4.33. The first-order chi connectivity index (χ1) is 5.10. The average molecular weight is 158 g/mol. The Morgan fingerprint density at radius 1 is 1.55 bits per heavy atom. The van der Waals surface area contributed by atoms with Crippen molar-refractivity contribution in [3.63, 3.8) is 0 Å². The van der Waals surface area contributed by atoms with Crippen LogP contribution in [0.25, 0.3) is 0 Å². The number of aliphatic hydroxyl groups is 1. The Morgan fingerprint density at radius 2 is 2.18 bits per heavy atom. The fourth-order valence-corrected chi connectivity index (χ4v) is 1.91. The first-order valence-electron chi connectivity index (χ1n) is 4.33. The second kappa shape index (κ2) is 3.11. The second-order valence-corrected chi connectivity index (χ2v) is 3.83. The lowest BCUT2D eigenvalue weighted by atomic mass is 9.77. The number of hydrogen-bond acceptors (Lipinski definition) is 2. The molecule has 0 heterocycles. The van der Waals surface area contributed by atoms with E-state index in [1.165, 1.54) is 6.42 Å². The molecule has 1 aliphatic carbocycles. The standard InChI is InChI=1S/C9H18O2/c1-7-5-4-6-9(2,11-3)8(7)10/h7-8,10H,4-6H2,1-3H3/t7?,8-,9+/m0/s1. The predicted molar refractivity (Wildman–Crippen MR) is 44.4 cm³/mol. The molecule has 1 N–H and O–H groups in total. The van der Waals surface area contributed by atoms with Gasteiger partial charge >= 0.3 is 0 Å². The summed E-state index contributed by atoms with van der Waals surface area (Å²) in [5.41, 5.74) is -0.294. The van der Waals surface area contributed by atoms with E-state index in [1.54, 1.807) is 7.11 Å². The van der Waals surface area contributed by atoms with Gasteiger partial charge in [0.05, 0.1) is 11.7 Å². The van der Waals surface area contributed by atoms with E-state index in [9.17, 15) is 5.11 Å². The summed E-state index contributed by atoms with van der Waals surface area (Å²) >= 11 is 0. The molecule has 0 bridgehead atoms. The van der Waals surface area contributed by atoms with Crippen molar-refractivity contribution in [2.75, 3.05) is 7.11 Å². The van der Waals surface area contributed by atoms with Crippen LogP contribution in [-0.2, 0) is 4.74 Å². The lowest BCUT2D eigenvalue weighted by Crippen LogP contribution is -2.47. The van der Waals surface area contributed by atoms with Gasteiger partial charge in [-0.1, -0.05) is 13.3 Å². The quantitative estimate of drug-likeness (QED) is 0.627. The van der Waals surface area contributed by atoms with Crippen LogP contribution in [0.4, 0.5) is 0 Å². The van der Waals surface area contributed by atoms with Gasteiger partial charge in [-0.25, -0.2) is 0 Å². The zero-order chi connectivity index (χ0) is 8.48. The van der Waals surface area contributed by atoms with Crippen LogP contribution in [0.5, 0.6) is 0 Å². The van der Waals surface area contributed by atoms with Crippen molar-refractivity contribution in [2.24, 2.45) is 5.92 Å². The van der Waals surface area contributed by atoms with Crippen LogP contribution in [0.3, 0.4) is 0 Å². The molecular formula is C9H18O2. The Hall–Kier alpha value is -0.0800. The van der Waals surface area contributed by atoms with E-state index in [-0.39, 0.29) is 11.7 Å². The van der Waals surface area contributed by atoms with Gasteiger partial charge in [-0.05, 0) is 25.7 Å². The maximum atomic E-state index is 9.77. The second-order valence-electron chi connectivity index (χ2n) is 3.83. The minimum Gasteiger partial charge on any atom is -0.390 e. The highest BCUT2D eigenvalue weighted by molar-refractivity contribution is 4.90. The Balaban J connectivity index is 2.64. The van der Waals surface area contributed by atoms with E-state index in [0.717, 1.165) is 12.8 Å². The summed E-state index contributed by atoms with van der Waals surface area (Å²) in [7, 11) is 1.68. The first kappa shape index (κ1) is 9.01. The van der Waals surface area contributed by atoms with Crippen molar-refractivity contribution in [1.29, 1.82) is 0 Å². The molecule has 1 rings (SSSR count). The molecule has 1 saturated carbocycles. The Kier molecular flexibility index (Phi) is 2.55. The van der Waals surface area contributed by atoms with Crippen molar-refractivity contribution in [1.82, 2.24) is 0 Å². The molecule has 1 fully saturated rings. The molecular weight excluding hydrogens is 140 g/mol. The Morgan fingerprint density at radius 3 is 2.64 bits per heavy atom. The highest BCUT2D eigenvalue weighted by atomic mass is 16.5. The molecule has 3 atom stereocenters. The number of hydrogen-bond donors (Lipinski definition) is 1. The summed E-state index contributed by atoms with van der Waals surface area (Å²) in [6.45, 7) is 4.08. The van der Waals surface area contributed by atoms with Gasteiger partial charge in [-0.3, -0.25) is 0 Å². The highest BCUT2D eigenvalue weighted by Crippen LogP contribution is 2.34. The van der Waals surface area contributed by atoms with Crippen LogP contribution in [-0.4, -0.2) is 23.9 Å². The molecule has 0 saturated heterocycles. The van der Waals surface area contributed by atoms with E-state index in [4.69, 9.17) is 4.74 Å². The number of ether oxygens (including phenoxy) is 1. The molecule has 0 spiro atoms. The van der Waals surface area contributed by atoms with Gasteiger partial charge in [0, 0.05) is 7.11 Å². The number of aliphatic hydroxyl groups excluding tert-OH is 1. The molecule has 0 aliphatic heterocycles. The molecule has 11 heavy (non-hydrogen) atoms. The Labute approximate surface area is 68.6 Å². The van der Waals surface area contributed by atoms with Crippen molar-refractivity contribution in [3.05, 3.63) is 0 Å². The van der Waals surface area contributed by atoms with Gasteiger partial charge in [-0.15, -0.1) is 0 Å². The van der Waals surface area contributed by atoms with Gasteiger partial charge in [0.1, 0.15) is 0 Å². The molecule has 0 aromatic carbocycles. The molecule has 66 valence electrons. The third-order valence-corrected chi connectivity index (χ3v) is 2.96. The molecule has 2 heteroatoms. The number of methoxy groups -OCH3 is 1. The summed E-state index contributed by atoms with van der Waals surface area (Å²) in [6, 6.07) is 0. The van der Waals surface area contributed by atoms with Crippen LogP contribution in [0.1, 0.15) is 33.1 Å². The third kappa shape index (κ3) is 1.57. The van der Waals surface area contributed by atoms with E-state index in [1.807, 2.05) is 6.92 Å². The topological polar surface area (TPSA) is 29.5 Å². The fourth-order valence-electron chi connectivity index (χ4n) is 1.91. The molecule has 0 aromatic heterocycles. The van der Waals surface area contributed by atoms with Gasteiger partial charge in [0.2, 0.25) is 0 Å². The van der Waals surface area contributed by atoms with Crippen LogP contribution in [0, 0.1) is 5.92 Å². The van der Waals surface area contributed by atoms with Gasteiger partial charge in [0.25, 0.3) is 0 Å². The minimum absolute atomic E-state index is 0.291. The monoisotopic (exact) mass is 158 g/mol. The third-order valence-electron chi connectivity index (χ3n) is 2.96. The lowest BCUT2D eigenvalue weighted by molar-refractivity contribution is -0.132. The summed E-state index contributed by atoms with van der Waals surface area (Å²) < 4.78 is 5.31. The largest absolute Gasteiger partial charge is 0.390 e. The molecule has 0 aromatic rings. The molecule has 0 amide bonds. The summed E-state index contributed by atoms with van der Waals surface area (Å²) in [6.07, 6.45) is 2.98. The van der Waals surface area contributed by atoms with Crippen molar-refractivity contribution < 1.29 is 9.84 Å². The smallest absolute Gasteiger partial charge is 0.0911 e. The predicted octanol–water partition coefficient (Wildman–Crippen LogP) is 1.57. The van der Waals surface area contributed by atoms with E-state index in [2.05, 4.69) is 6.92 Å². The van der Waals surface area contributed by atoms with Crippen LogP contribution >= 0.6 is 0 Å². The zero-order valence-corrected chi connectivity index (χ0v) is 7.63. The fraction of sp³-hybridized carbons (Fsp3) is 1.00. The minimum atomic E-state index is -0.294. The normalized spacial score (nSPS) is 45.8. The maximum Gasteiger partial charge on any atom is 0.0911 e. The van der Waals surface area contributed by atoms with Gasteiger partial charge in [0.15, 0.2) is 0 Å². The molecule has 2 nitrogen and oxygen atoms in total. The summed E-state index contributed by atoms with van der Waals surface area (Å²) in [5.74, 6) is 0.383. The van der Waals surface area contributed by atoms with Crippen molar-refractivity contribution >= 4 is 0 Å². The van der Waals surface area contributed by atoms with Crippen molar-refractivity contribution in [2.45, 2.75) is 44.8 Å². The Bertz CT molecular complexity index is 136. The SMILES string of the molecule is CO[C@]1(C)CCCC(C)[C@@H]1O. The van der Waals surface area contributed by atoms with E-state index >= 15 is 0 Å². The maximum absolute atomic E-state index is 9.77. The highest BCUT2D eigenvalue weighted by Gasteiger charge is 2.39. The van der Waals surface area contributed by atoms with E-state index < -0.39 is 0 Å². The average Bonchev–Trinajstić information content (AvgIpc) is 2.00. The van der Waals surface area contributed by atoms with Crippen LogP contribution in [0.15, 0.2) is 0 Å². The van der Waals surface area contributed by atoms with Gasteiger partial charge in [-0.2, -0.15) is 0 Å². The summed E-state index contributed by atoms with van der Waals surface area (Å²) in [4.78, 5) is 0. The van der Waals surface area contributed by atoms with Gasteiger partial charge < -0.3 is 9.84 Å². The molecule has 1 aliphatic rings. The van der Waals surface area contributed by atoms with E-state index in [0.29, 0.717) is 5.92 Å². The molecule has 1 unspecified atom stereocenters. The van der Waals surface area contributed by atoms with Crippen LogP contribution in [0.2, 0.25) is 0 Å². The zero-order valence-electron chi connectivity index (χ0n) is 7.63. The number of rotatable bonds is 1. The summed E-state index contributed by atoms with van der Waals surface area (Å²) in [5, 5.41) is 9.77. The van der Waals surface area contributed by atoms with Crippen molar-refractivity contribution in [3.8, 4) is 0 Å².